The Labute approximate surface area is 178 Å². The molecule has 0 aliphatic rings. The fourth-order valence-electron chi connectivity index (χ4n) is 3.27. The normalized spacial score (nSPS) is 11.3. The third-order valence-electron chi connectivity index (χ3n) is 4.77. The van der Waals surface area contributed by atoms with Gasteiger partial charge in [0, 0.05) is 35.1 Å². The van der Waals surface area contributed by atoms with Gasteiger partial charge in [-0.05, 0) is 52.3 Å². The molecule has 3 N–H and O–H groups in total. The van der Waals surface area contributed by atoms with Crippen LogP contribution in [-0.2, 0) is 6.54 Å². The highest BCUT2D eigenvalue weighted by atomic mass is 79.9. The molecule has 0 atom stereocenters. The van der Waals surface area contributed by atoms with Crippen molar-refractivity contribution in [3.05, 3.63) is 77.2 Å². The Balaban J connectivity index is 1.59. The fourth-order valence-corrected chi connectivity index (χ4v) is 3.66. The Kier molecular flexibility index (Phi) is 4.51. The largest absolute Gasteiger partial charge is 0.383 e. The molecule has 0 unspecified atom stereocenters. The summed E-state index contributed by atoms with van der Waals surface area (Å²) in [6.45, 7) is 0.443. The lowest BCUT2D eigenvalue weighted by Gasteiger charge is -2.11. The van der Waals surface area contributed by atoms with Gasteiger partial charge in [-0.2, -0.15) is 9.61 Å². The molecule has 9 heteroatoms. The third kappa shape index (κ3) is 3.22. The first-order chi connectivity index (χ1) is 14.6. The predicted octanol–water partition coefficient (Wildman–Crippen LogP) is 4.44. The van der Waals surface area contributed by atoms with Crippen molar-refractivity contribution < 1.29 is 4.39 Å². The number of nitrogen functional groups attached to an aromatic ring is 1. The van der Waals surface area contributed by atoms with E-state index in [9.17, 15) is 4.39 Å². The minimum atomic E-state index is -0.309. The Morgan fingerprint density at radius 1 is 1.13 bits per heavy atom. The van der Waals surface area contributed by atoms with E-state index in [1.165, 1.54) is 12.1 Å². The zero-order chi connectivity index (χ0) is 20.7. The first-order valence-corrected chi connectivity index (χ1v) is 9.90. The molecule has 0 aliphatic heterocycles. The van der Waals surface area contributed by atoms with E-state index in [1.807, 2.05) is 18.2 Å². The minimum absolute atomic E-state index is 0.309. The lowest BCUT2D eigenvalue weighted by atomic mass is 10.1. The smallest absolute Gasteiger partial charge is 0.165 e. The Hall–Kier alpha value is -3.59. The van der Waals surface area contributed by atoms with Gasteiger partial charge in [0.25, 0.3) is 0 Å². The third-order valence-corrected chi connectivity index (χ3v) is 5.63. The van der Waals surface area contributed by atoms with Gasteiger partial charge in [-0.3, -0.25) is 9.97 Å². The molecule has 7 nitrogen and oxygen atoms in total. The van der Waals surface area contributed by atoms with Gasteiger partial charge in [0.15, 0.2) is 5.65 Å². The summed E-state index contributed by atoms with van der Waals surface area (Å²) < 4.78 is 15.9. The van der Waals surface area contributed by atoms with Crippen molar-refractivity contribution in [3.63, 3.8) is 0 Å². The molecule has 148 valence electrons. The molecule has 0 spiro atoms. The van der Waals surface area contributed by atoms with Crippen LogP contribution in [0.5, 0.6) is 0 Å². The molecule has 0 fully saturated rings. The van der Waals surface area contributed by atoms with Gasteiger partial charge in [-0.25, -0.2) is 9.37 Å². The van der Waals surface area contributed by atoms with Crippen molar-refractivity contribution in [1.29, 1.82) is 0 Å². The van der Waals surface area contributed by atoms with Crippen molar-refractivity contribution in [3.8, 4) is 11.1 Å². The molecular formula is C21H15BrFN7. The molecular weight excluding hydrogens is 449 g/mol. The van der Waals surface area contributed by atoms with Crippen LogP contribution >= 0.6 is 15.9 Å². The molecule has 1 aromatic carbocycles. The maximum Gasteiger partial charge on any atom is 0.165 e. The molecule has 5 rings (SSSR count). The number of benzene rings is 1. The topological polar surface area (TPSA) is 94.0 Å². The van der Waals surface area contributed by atoms with E-state index >= 15 is 0 Å². The summed E-state index contributed by atoms with van der Waals surface area (Å²) in [5, 5.41) is 8.36. The van der Waals surface area contributed by atoms with Crippen LogP contribution in [0.15, 0.2) is 65.7 Å². The zero-order valence-electron chi connectivity index (χ0n) is 15.5. The SMILES string of the molecule is Nc1c(Br)c(CNc2cccnc2)nc2c(-c3cnc4ccc(F)cc4c3)cnn12. The van der Waals surface area contributed by atoms with Gasteiger partial charge < -0.3 is 11.1 Å². The first-order valence-electron chi connectivity index (χ1n) is 9.11. The summed E-state index contributed by atoms with van der Waals surface area (Å²) in [5.41, 5.74) is 10.7. The molecule has 0 saturated heterocycles. The molecule has 4 heterocycles. The molecule has 0 aliphatic carbocycles. The van der Waals surface area contributed by atoms with Crippen molar-refractivity contribution in [2.24, 2.45) is 0 Å². The number of anilines is 2. The quantitative estimate of drug-likeness (QED) is 0.409. The number of fused-ring (bicyclic) bond motifs is 2. The second-order valence-electron chi connectivity index (χ2n) is 6.71. The van der Waals surface area contributed by atoms with E-state index in [0.29, 0.717) is 33.4 Å². The van der Waals surface area contributed by atoms with E-state index in [0.717, 1.165) is 22.5 Å². The van der Waals surface area contributed by atoms with E-state index in [-0.39, 0.29) is 5.82 Å². The summed E-state index contributed by atoms with van der Waals surface area (Å²) >= 11 is 3.52. The predicted molar refractivity (Wildman–Crippen MR) is 117 cm³/mol. The monoisotopic (exact) mass is 463 g/mol. The first kappa shape index (κ1) is 18.4. The van der Waals surface area contributed by atoms with Crippen LogP contribution in [0.4, 0.5) is 15.9 Å². The number of hydrogen-bond donors (Lipinski definition) is 2. The van der Waals surface area contributed by atoms with Gasteiger partial charge in [-0.15, -0.1) is 0 Å². The van der Waals surface area contributed by atoms with Crippen molar-refractivity contribution >= 4 is 44.0 Å². The fraction of sp³-hybridized carbons (Fsp3) is 0.0476. The molecule has 0 amide bonds. The second-order valence-corrected chi connectivity index (χ2v) is 7.50. The van der Waals surface area contributed by atoms with E-state index in [1.54, 1.807) is 35.4 Å². The highest BCUT2D eigenvalue weighted by Gasteiger charge is 2.16. The summed E-state index contributed by atoms with van der Waals surface area (Å²) in [5.74, 6) is 0.130. The van der Waals surface area contributed by atoms with E-state index < -0.39 is 0 Å². The average molecular weight is 464 g/mol. The highest BCUT2D eigenvalue weighted by Crippen LogP contribution is 2.31. The van der Waals surface area contributed by atoms with Gasteiger partial charge >= 0.3 is 0 Å². The van der Waals surface area contributed by atoms with Crippen molar-refractivity contribution in [2.45, 2.75) is 6.54 Å². The van der Waals surface area contributed by atoms with Gasteiger partial charge in [0.2, 0.25) is 0 Å². The number of aromatic nitrogens is 5. The number of rotatable bonds is 4. The van der Waals surface area contributed by atoms with Crippen LogP contribution < -0.4 is 11.1 Å². The number of halogens is 2. The number of hydrogen-bond acceptors (Lipinski definition) is 6. The Morgan fingerprint density at radius 3 is 2.87 bits per heavy atom. The number of pyridine rings is 2. The summed E-state index contributed by atoms with van der Waals surface area (Å²) in [6.07, 6.45) is 6.86. The van der Waals surface area contributed by atoms with E-state index in [4.69, 9.17) is 10.7 Å². The van der Waals surface area contributed by atoms with Crippen molar-refractivity contribution in [2.75, 3.05) is 11.1 Å². The molecule has 4 aromatic heterocycles. The van der Waals surface area contributed by atoms with Crippen LogP contribution in [0.3, 0.4) is 0 Å². The lowest BCUT2D eigenvalue weighted by Crippen LogP contribution is -2.09. The van der Waals surface area contributed by atoms with Crippen LogP contribution in [-0.4, -0.2) is 24.6 Å². The Bertz CT molecular complexity index is 1390. The maximum absolute atomic E-state index is 13.6. The number of nitrogens with two attached hydrogens (primary N) is 1. The van der Waals surface area contributed by atoms with Gasteiger partial charge in [-0.1, -0.05) is 0 Å². The summed E-state index contributed by atoms with van der Waals surface area (Å²) in [4.78, 5) is 13.3. The Morgan fingerprint density at radius 2 is 2.03 bits per heavy atom. The molecule has 0 radical (unpaired) electrons. The van der Waals surface area contributed by atoms with Crippen LogP contribution in [0.25, 0.3) is 27.7 Å². The lowest BCUT2D eigenvalue weighted by molar-refractivity contribution is 0.629. The summed E-state index contributed by atoms with van der Waals surface area (Å²) in [7, 11) is 0. The molecule has 0 saturated carbocycles. The van der Waals surface area contributed by atoms with Gasteiger partial charge in [0.05, 0.1) is 34.1 Å². The summed E-state index contributed by atoms with van der Waals surface area (Å²) in [6, 6.07) is 10.2. The average Bonchev–Trinajstić information content (AvgIpc) is 3.19. The van der Waals surface area contributed by atoms with Crippen molar-refractivity contribution in [1.82, 2.24) is 24.6 Å². The zero-order valence-corrected chi connectivity index (χ0v) is 17.1. The highest BCUT2D eigenvalue weighted by molar-refractivity contribution is 9.10. The number of nitrogens with one attached hydrogen (secondary N) is 1. The number of nitrogens with zero attached hydrogens (tertiary/aromatic N) is 5. The maximum atomic E-state index is 13.6. The van der Waals surface area contributed by atoms with Gasteiger partial charge in [0.1, 0.15) is 11.6 Å². The molecule has 30 heavy (non-hydrogen) atoms. The van der Waals surface area contributed by atoms with Crippen LogP contribution in [0.2, 0.25) is 0 Å². The molecule has 0 bridgehead atoms. The van der Waals surface area contributed by atoms with Crippen LogP contribution in [0.1, 0.15) is 5.69 Å². The van der Waals surface area contributed by atoms with Crippen LogP contribution in [0, 0.1) is 5.82 Å². The standard InChI is InChI=1S/C21H15BrFN7/c22-19-18(11-26-15-2-1-5-25-9-15)29-21-16(10-28-30(21)20(19)24)13-6-12-7-14(23)3-4-17(12)27-8-13/h1-10,26H,11,24H2. The minimum Gasteiger partial charge on any atom is -0.383 e. The van der Waals surface area contributed by atoms with E-state index in [2.05, 4.69) is 36.3 Å². The molecule has 5 aromatic rings. The second kappa shape index (κ2) is 7.34.